The smallest absolute Gasteiger partial charge is 0.209 e. The molecule has 1 aromatic heterocycles. The number of hydrogen-bond acceptors (Lipinski definition) is 5. The molecular formula is C24H25BrN2O2S. The molecule has 156 valence electrons. The molecule has 30 heavy (non-hydrogen) atoms. The summed E-state index contributed by atoms with van der Waals surface area (Å²) in [6.07, 6.45) is 8.51. The van der Waals surface area contributed by atoms with Crippen LogP contribution >= 0.6 is 27.3 Å². The Bertz CT molecular complexity index is 1020. The monoisotopic (exact) mass is 484 g/mol. The second-order valence-corrected chi connectivity index (χ2v) is 9.15. The second kappa shape index (κ2) is 9.75. The van der Waals surface area contributed by atoms with Crippen LogP contribution in [0.2, 0.25) is 0 Å². The lowest BCUT2D eigenvalue weighted by atomic mass is 9.84. The van der Waals surface area contributed by atoms with Crippen molar-refractivity contribution in [1.82, 2.24) is 4.98 Å². The van der Waals surface area contributed by atoms with Crippen molar-refractivity contribution in [2.75, 3.05) is 14.2 Å². The largest absolute Gasteiger partial charge is 0.496 e. The highest BCUT2D eigenvalue weighted by Crippen LogP contribution is 2.35. The Morgan fingerprint density at radius 1 is 1.03 bits per heavy atom. The fourth-order valence-electron chi connectivity index (χ4n) is 3.93. The molecule has 1 aliphatic carbocycles. The summed E-state index contributed by atoms with van der Waals surface area (Å²) in [6, 6.07) is 12.7. The number of benzene rings is 2. The minimum atomic E-state index is 0.703. The van der Waals surface area contributed by atoms with Crippen LogP contribution in [0.5, 0.6) is 11.5 Å². The van der Waals surface area contributed by atoms with Crippen LogP contribution in [0.4, 0.5) is 5.13 Å². The van der Waals surface area contributed by atoms with E-state index >= 15 is 0 Å². The van der Waals surface area contributed by atoms with Gasteiger partial charge in [0.1, 0.15) is 11.5 Å². The molecule has 0 aliphatic heterocycles. The van der Waals surface area contributed by atoms with Crippen LogP contribution in [0.15, 0.2) is 51.2 Å². The van der Waals surface area contributed by atoms with Crippen LogP contribution in [0.25, 0.3) is 11.3 Å². The zero-order valence-corrected chi connectivity index (χ0v) is 19.6. The molecule has 2 aromatic carbocycles. The number of rotatable bonds is 6. The summed E-state index contributed by atoms with van der Waals surface area (Å²) in [6.45, 7) is 0. The summed E-state index contributed by atoms with van der Waals surface area (Å²) in [5.74, 6) is 2.15. The quantitative estimate of drug-likeness (QED) is 0.342. The molecule has 0 N–H and O–H groups in total. The van der Waals surface area contributed by atoms with Crippen molar-refractivity contribution in [2.45, 2.75) is 38.0 Å². The van der Waals surface area contributed by atoms with Gasteiger partial charge in [0.05, 0.1) is 24.4 Å². The number of aromatic nitrogens is 1. The zero-order chi connectivity index (χ0) is 20.9. The number of hydrogen-bond donors (Lipinski definition) is 0. The van der Waals surface area contributed by atoms with Crippen LogP contribution in [0.1, 0.15) is 49.1 Å². The molecular weight excluding hydrogens is 460 g/mol. The summed E-state index contributed by atoms with van der Waals surface area (Å²) in [4.78, 5) is 9.25. The lowest BCUT2D eigenvalue weighted by Crippen LogP contribution is -2.04. The van der Waals surface area contributed by atoms with Gasteiger partial charge in [-0.3, -0.25) is 0 Å². The summed E-state index contributed by atoms with van der Waals surface area (Å²) in [5.41, 5.74) is 4.42. The Morgan fingerprint density at radius 3 is 2.47 bits per heavy atom. The average molecular weight is 485 g/mol. The van der Waals surface area contributed by atoms with E-state index < -0.39 is 0 Å². The Kier molecular flexibility index (Phi) is 6.85. The lowest BCUT2D eigenvalue weighted by molar-refractivity contribution is 0.392. The zero-order valence-electron chi connectivity index (χ0n) is 17.2. The molecule has 0 unspecified atom stereocenters. The lowest BCUT2D eigenvalue weighted by Gasteiger charge is -2.22. The van der Waals surface area contributed by atoms with E-state index in [9.17, 15) is 0 Å². The van der Waals surface area contributed by atoms with Gasteiger partial charge in [0.2, 0.25) is 5.13 Å². The van der Waals surface area contributed by atoms with Crippen molar-refractivity contribution < 1.29 is 9.47 Å². The van der Waals surface area contributed by atoms with Crippen molar-refractivity contribution in [2.24, 2.45) is 4.99 Å². The topological polar surface area (TPSA) is 43.7 Å². The van der Waals surface area contributed by atoms with Gasteiger partial charge in [-0.2, -0.15) is 0 Å². The predicted molar refractivity (Wildman–Crippen MR) is 128 cm³/mol. The molecule has 4 rings (SSSR count). The third-order valence-corrected chi connectivity index (χ3v) is 6.96. The summed E-state index contributed by atoms with van der Waals surface area (Å²) in [7, 11) is 3.27. The molecule has 0 radical (unpaired) electrons. The van der Waals surface area contributed by atoms with Gasteiger partial charge in [0.15, 0.2) is 0 Å². The molecule has 0 saturated heterocycles. The van der Waals surface area contributed by atoms with Gasteiger partial charge >= 0.3 is 0 Å². The normalized spacial score (nSPS) is 14.9. The maximum atomic E-state index is 5.46. The number of ether oxygens (including phenoxy) is 2. The number of halogens is 1. The molecule has 3 aromatic rings. The highest BCUT2D eigenvalue weighted by atomic mass is 79.9. The van der Waals surface area contributed by atoms with E-state index in [1.807, 2.05) is 12.1 Å². The standard InChI is InChI=1S/C24H25BrN2O2S/c1-28-22-13-23(29-2)20(25)12-19(22)14-26-24-27-21(15-30-24)18-10-8-17(9-11-18)16-6-4-3-5-7-16/h8-16H,3-7H2,1-2H3. The molecule has 0 spiro atoms. The van der Waals surface area contributed by atoms with Gasteiger partial charge in [-0.05, 0) is 46.3 Å². The number of thiazole rings is 1. The van der Waals surface area contributed by atoms with Gasteiger partial charge in [0, 0.05) is 28.8 Å². The molecule has 6 heteroatoms. The third kappa shape index (κ3) is 4.76. The fraction of sp³-hybridized carbons (Fsp3) is 0.333. The SMILES string of the molecule is COc1cc(OC)c(C=Nc2nc(-c3ccc(C4CCCCC4)cc3)cs2)cc1Br. The summed E-state index contributed by atoms with van der Waals surface area (Å²) in [5, 5.41) is 2.78. The van der Waals surface area contributed by atoms with Crippen LogP contribution in [-0.2, 0) is 0 Å². The van der Waals surface area contributed by atoms with Gasteiger partial charge in [-0.25, -0.2) is 9.98 Å². The van der Waals surface area contributed by atoms with Crippen molar-refractivity contribution in [1.29, 1.82) is 0 Å². The van der Waals surface area contributed by atoms with Crippen LogP contribution in [0, 0.1) is 0 Å². The molecule has 0 bridgehead atoms. The minimum Gasteiger partial charge on any atom is -0.496 e. The van der Waals surface area contributed by atoms with E-state index in [1.165, 1.54) is 49.0 Å². The van der Waals surface area contributed by atoms with Crippen LogP contribution in [-0.4, -0.2) is 25.4 Å². The van der Waals surface area contributed by atoms with Crippen molar-refractivity contribution >= 4 is 38.6 Å². The Balaban J connectivity index is 1.50. The summed E-state index contributed by atoms with van der Waals surface area (Å²) < 4.78 is 11.6. The average Bonchev–Trinajstić information content (AvgIpc) is 3.27. The molecule has 1 aliphatic rings. The fourth-order valence-corrected chi connectivity index (χ4v) is 5.12. The van der Waals surface area contributed by atoms with Gasteiger partial charge in [0.25, 0.3) is 0 Å². The molecule has 1 heterocycles. The van der Waals surface area contributed by atoms with E-state index in [0.717, 1.165) is 38.1 Å². The van der Waals surface area contributed by atoms with Crippen LogP contribution < -0.4 is 9.47 Å². The van der Waals surface area contributed by atoms with Gasteiger partial charge < -0.3 is 9.47 Å². The summed E-state index contributed by atoms with van der Waals surface area (Å²) >= 11 is 5.05. The van der Waals surface area contributed by atoms with Gasteiger partial charge in [-0.15, -0.1) is 11.3 Å². The highest BCUT2D eigenvalue weighted by Gasteiger charge is 2.15. The predicted octanol–water partition coefficient (Wildman–Crippen LogP) is 7.39. The number of aliphatic imine (C=N–C) groups is 1. The molecule has 0 atom stereocenters. The van der Waals surface area contributed by atoms with E-state index in [0.29, 0.717) is 5.75 Å². The Hall–Kier alpha value is -2.18. The van der Waals surface area contributed by atoms with E-state index in [2.05, 4.69) is 50.6 Å². The molecule has 0 amide bonds. The Labute approximate surface area is 190 Å². The van der Waals surface area contributed by atoms with E-state index in [-0.39, 0.29) is 0 Å². The van der Waals surface area contributed by atoms with Crippen molar-refractivity contribution in [3.05, 3.63) is 57.4 Å². The van der Waals surface area contributed by atoms with Crippen molar-refractivity contribution in [3.8, 4) is 22.8 Å². The first-order valence-electron chi connectivity index (χ1n) is 10.2. The van der Waals surface area contributed by atoms with E-state index in [4.69, 9.17) is 14.5 Å². The maximum absolute atomic E-state index is 5.46. The number of nitrogens with zero attached hydrogens (tertiary/aromatic N) is 2. The second-order valence-electron chi connectivity index (χ2n) is 7.46. The molecule has 1 saturated carbocycles. The minimum absolute atomic E-state index is 0.703. The maximum Gasteiger partial charge on any atom is 0.209 e. The third-order valence-electron chi connectivity index (χ3n) is 5.59. The molecule has 1 fully saturated rings. The first kappa shape index (κ1) is 21.1. The Morgan fingerprint density at radius 2 is 1.77 bits per heavy atom. The number of methoxy groups -OCH3 is 2. The van der Waals surface area contributed by atoms with Crippen molar-refractivity contribution in [3.63, 3.8) is 0 Å². The van der Waals surface area contributed by atoms with Crippen LogP contribution in [0.3, 0.4) is 0 Å². The first-order chi connectivity index (χ1) is 14.7. The van der Waals surface area contributed by atoms with E-state index in [1.54, 1.807) is 20.4 Å². The van der Waals surface area contributed by atoms with Gasteiger partial charge in [-0.1, -0.05) is 43.5 Å². The molecule has 4 nitrogen and oxygen atoms in total. The highest BCUT2D eigenvalue weighted by molar-refractivity contribution is 9.10. The first-order valence-corrected chi connectivity index (χ1v) is 11.9.